The van der Waals surface area contributed by atoms with Gasteiger partial charge in [-0.25, -0.2) is 0 Å². The predicted octanol–water partition coefficient (Wildman–Crippen LogP) is 2.19. The number of aromatic hydroxyl groups is 1. The molecule has 0 aromatic heterocycles. The number of carbonyl (C=O) groups is 3. The van der Waals surface area contributed by atoms with Crippen molar-refractivity contribution in [1.29, 1.82) is 0 Å². The fourth-order valence-corrected chi connectivity index (χ4v) is 7.17. The summed E-state index contributed by atoms with van der Waals surface area (Å²) in [6, 6.07) is -0.795. The first-order chi connectivity index (χ1) is 18.3. The molecule has 4 aliphatic rings. The first kappa shape index (κ1) is 27.4. The number of aliphatic hydroxyl groups excluding tert-OH is 2. The zero-order valence-electron chi connectivity index (χ0n) is 23.2. The quantitative estimate of drug-likeness (QED) is 0.410. The summed E-state index contributed by atoms with van der Waals surface area (Å²) in [6.07, 6.45) is 1.21. The number of carbonyl (C=O) groups excluding carboxylic acids is 3. The number of methoxy groups -OCH3 is 1. The van der Waals surface area contributed by atoms with Crippen LogP contribution < -0.4 is 4.74 Å². The van der Waals surface area contributed by atoms with Gasteiger partial charge in [-0.1, -0.05) is 6.92 Å². The highest BCUT2D eigenvalue weighted by atomic mass is 16.5. The van der Waals surface area contributed by atoms with E-state index >= 15 is 0 Å². The van der Waals surface area contributed by atoms with Crippen molar-refractivity contribution in [2.75, 3.05) is 21.2 Å². The van der Waals surface area contributed by atoms with Gasteiger partial charge in [0.15, 0.2) is 17.2 Å². The Labute approximate surface area is 227 Å². The third-order valence-corrected chi connectivity index (χ3v) is 9.30. The van der Waals surface area contributed by atoms with Crippen LogP contribution in [0, 0.1) is 11.8 Å². The Kier molecular flexibility index (Phi) is 6.44. The fourth-order valence-electron chi connectivity index (χ4n) is 7.17. The summed E-state index contributed by atoms with van der Waals surface area (Å²) in [5, 5.41) is 45.8. The summed E-state index contributed by atoms with van der Waals surface area (Å²) in [5.41, 5.74) is -1.20. The van der Waals surface area contributed by atoms with Crippen molar-refractivity contribution in [3.63, 3.8) is 0 Å². The summed E-state index contributed by atoms with van der Waals surface area (Å²) in [5.74, 6) is -5.10. The maximum atomic E-state index is 14.0. The van der Waals surface area contributed by atoms with E-state index in [4.69, 9.17) is 4.74 Å². The molecule has 39 heavy (non-hydrogen) atoms. The maximum absolute atomic E-state index is 14.0. The number of aliphatic hydroxyl groups is 3. The monoisotopic (exact) mass is 540 g/mol. The van der Waals surface area contributed by atoms with Gasteiger partial charge in [0.1, 0.15) is 28.6 Å². The molecule has 10 heteroatoms. The van der Waals surface area contributed by atoms with Crippen LogP contribution in [0.15, 0.2) is 16.9 Å². The first-order valence-electron chi connectivity index (χ1n) is 13.3. The van der Waals surface area contributed by atoms with Crippen LogP contribution in [0.3, 0.4) is 0 Å². The summed E-state index contributed by atoms with van der Waals surface area (Å²) >= 11 is 0. The van der Waals surface area contributed by atoms with Gasteiger partial charge < -0.3 is 25.2 Å². The predicted molar refractivity (Wildman–Crippen MR) is 141 cm³/mol. The molecular formula is C29H36N2O8. The normalized spacial score (nSPS) is 29.3. The van der Waals surface area contributed by atoms with E-state index in [-0.39, 0.29) is 35.8 Å². The average molecular weight is 541 g/mol. The van der Waals surface area contributed by atoms with Crippen molar-refractivity contribution in [3.05, 3.63) is 39.2 Å². The van der Waals surface area contributed by atoms with Crippen molar-refractivity contribution in [2.45, 2.75) is 70.8 Å². The molecule has 4 N–H and O–H groups in total. The second-order valence-electron chi connectivity index (χ2n) is 11.5. The topological polar surface area (TPSA) is 148 Å². The van der Waals surface area contributed by atoms with Crippen LogP contribution in [0.25, 0.3) is 5.76 Å². The van der Waals surface area contributed by atoms with Crippen LogP contribution in [-0.4, -0.2) is 86.5 Å². The fraction of sp³-hybridized carbons (Fsp3) is 0.552. The number of hydrogen-bond acceptors (Lipinski definition) is 10. The molecule has 0 unspecified atom stereocenters. The Bertz CT molecular complexity index is 1380. The molecule has 5 rings (SSSR count). The molecule has 210 valence electrons. The van der Waals surface area contributed by atoms with Crippen LogP contribution in [0.5, 0.6) is 11.5 Å². The van der Waals surface area contributed by atoms with E-state index < -0.39 is 57.9 Å². The zero-order chi connectivity index (χ0) is 28.7. The molecule has 0 bridgehead atoms. The van der Waals surface area contributed by atoms with Crippen LogP contribution in [0.2, 0.25) is 0 Å². The lowest BCUT2D eigenvalue weighted by Gasteiger charge is -2.50. The van der Waals surface area contributed by atoms with E-state index in [1.54, 1.807) is 14.1 Å². The van der Waals surface area contributed by atoms with Gasteiger partial charge in [-0.3, -0.25) is 24.2 Å². The minimum Gasteiger partial charge on any atom is -0.508 e. The molecule has 3 aliphatic carbocycles. The van der Waals surface area contributed by atoms with E-state index in [0.29, 0.717) is 30.0 Å². The van der Waals surface area contributed by atoms with E-state index in [9.17, 15) is 34.8 Å². The smallest absolute Gasteiger partial charge is 0.202 e. The second-order valence-corrected chi connectivity index (χ2v) is 11.5. The Morgan fingerprint density at radius 3 is 2.36 bits per heavy atom. The number of phenolic OH excluding ortho intramolecular Hbond substituents is 1. The van der Waals surface area contributed by atoms with Gasteiger partial charge in [-0.2, -0.15) is 0 Å². The molecule has 1 aliphatic heterocycles. The number of ether oxygens (including phenoxy) is 1. The van der Waals surface area contributed by atoms with Gasteiger partial charge in [0.05, 0.1) is 18.7 Å². The second kappa shape index (κ2) is 9.18. The van der Waals surface area contributed by atoms with Crippen molar-refractivity contribution in [3.8, 4) is 11.5 Å². The highest BCUT2D eigenvalue weighted by Gasteiger charge is 2.64. The van der Waals surface area contributed by atoms with Crippen LogP contribution in [0.4, 0.5) is 0 Å². The number of Topliss-reactive ketones (excluding diaryl/α,β-unsaturated/α-hetero) is 3. The van der Waals surface area contributed by atoms with Gasteiger partial charge >= 0.3 is 0 Å². The third-order valence-electron chi connectivity index (χ3n) is 9.30. The summed E-state index contributed by atoms with van der Waals surface area (Å²) < 4.78 is 5.83. The number of nitrogens with zero attached hydrogens (tertiary/aromatic N) is 2. The summed E-state index contributed by atoms with van der Waals surface area (Å²) in [4.78, 5) is 43.4. The Balaban J connectivity index is 1.72. The number of ketones is 3. The van der Waals surface area contributed by atoms with Gasteiger partial charge in [-0.15, -0.1) is 0 Å². The van der Waals surface area contributed by atoms with E-state index in [0.717, 1.165) is 18.9 Å². The number of hydrogen-bond donors (Lipinski definition) is 4. The molecule has 0 radical (unpaired) electrons. The van der Waals surface area contributed by atoms with Crippen LogP contribution >= 0.6 is 0 Å². The van der Waals surface area contributed by atoms with Crippen molar-refractivity contribution in [2.24, 2.45) is 11.8 Å². The minimum absolute atomic E-state index is 0.0743. The van der Waals surface area contributed by atoms with Gasteiger partial charge in [0, 0.05) is 47.3 Å². The highest BCUT2D eigenvalue weighted by molar-refractivity contribution is 6.25. The van der Waals surface area contributed by atoms with Crippen LogP contribution in [0.1, 0.15) is 55.9 Å². The van der Waals surface area contributed by atoms with Crippen molar-refractivity contribution >= 4 is 23.1 Å². The molecule has 1 fully saturated rings. The highest BCUT2D eigenvalue weighted by Crippen LogP contribution is 2.55. The lowest BCUT2D eigenvalue weighted by atomic mass is 9.57. The SMILES string of the molecule is CC[C@H](C)N1Cc2c(O)c3c(c(OC)c2C1)C[C@H]1C[C@H]2[C@H](N(C)C)C(=O)C(C(C)=O)=C(O)[C@@]2(O)C(=O)C1=C3O. The van der Waals surface area contributed by atoms with Gasteiger partial charge in [0.2, 0.25) is 5.78 Å². The lowest BCUT2D eigenvalue weighted by molar-refractivity contribution is -0.153. The molecule has 1 saturated carbocycles. The lowest BCUT2D eigenvalue weighted by Crippen LogP contribution is -2.65. The minimum atomic E-state index is -2.58. The Hall–Kier alpha value is -3.21. The third kappa shape index (κ3) is 3.54. The molecule has 1 aromatic rings. The summed E-state index contributed by atoms with van der Waals surface area (Å²) in [6.45, 7) is 6.30. The van der Waals surface area contributed by atoms with E-state index in [1.807, 2.05) is 0 Å². The Morgan fingerprint density at radius 1 is 1.15 bits per heavy atom. The van der Waals surface area contributed by atoms with Gasteiger partial charge in [0.25, 0.3) is 0 Å². The van der Waals surface area contributed by atoms with Crippen LogP contribution in [-0.2, 0) is 33.9 Å². The Morgan fingerprint density at radius 2 is 1.79 bits per heavy atom. The van der Waals surface area contributed by atoms with Crippen molar-refractivity contribution in [1.82, 2.24) is 9.80 Å². The molecule has 5 atom stereocenters. The average Bonchev–Trinajstić information content (AvgIpc) is 3.31. The molecule has 10 nitrogen and oxygen atoms in total. The number of rotatable bonds is 5. The summed E-state index contributed by atoms with van der Waals surface area (Å²) in [7, 11) is 4.76. The first-order valence-corrected chi connectivity index (χ1v) is 13.3. The molecule has 0 amide bonds. The zero-order valence-corrected chi connectivity index (χ0v) is 23.2. The number of benzene rings is 1. The largest absolute Gasteiger partial charge is 0.508 e. The maximum Gasteiger partial charge on any atom is 0.202 e. The molecule has 0 saturated heterocycles. The van der Waals surface area contributed by atoms with E-state index in [2.05, 4.69) is 18.7 Å². The van der Waals surface area contributed by atoms with Gasteiger partial charge in [-0.05, 0) is 53.1 Å². The standard InChI is InChI=1S/C29H36N2O8/c1-7-12(2)31-10-16-17(11-31)26(39-6)15-8-14-9-18-22(30(4)5)25(35)19(13(3)32)27(36)29(18,38)28(37)20(14)24(34)21(15)23(16)33/h12,14,18,22,33-34,36,38H,7-11H2,1-6H3/t12-,14-,18-,22-,29+/m0/s1. The molecule has 1 heterocycles. The number of fused-ring (bicyclic) bond motifs is 4. The van der Waals surface area contributed by atoms with E-state index in [1.165, 1.54) is 12.0 Å². The molecule has 0 spiro atoms. The number of phenols is 1. The molecular weight excluding hydrogens is 504 g/mol. The number of likely N-dealkylation sites (N-methyl/N-ethyl adjacent to an activating group) is 1. The van der Waals surface area contributed by atoms with Crippen molar-refractivity contribution < 1.29 is 39.5 Å². The molecule has 1 aromatic carbocycles.